The van der Waals surface area contributed by atoms with E-state index in [-0.39, 0.29) is 31.5 Å². The fourth-order valence-corrected chi connectivity index (χ4v) is 8.85. The second-order valence-electron chi connectivity index (χ2n) is 20.8. The molecule has 0 aliphatic heterocycles. The fraction of sp³-hybridized carbons (Fsp3) is 0.800. The van der Waals surface area contributed by atoms with E-state index in [0.717, 1.165) is 89.9 Å². The van der Waals surface area contributed by atoms with Crippen LogP contribution in [0.3, 0.4) is 0 Å². The number of hydrogen-bond donors (Lipinski definition) is 2. The number of esters is 1. The molecule has 408 valence electrons. The number of carbonyl (C=O) groups is 2. The van der Waals surface area contributed by atoms with Crippen LogP contribution in [0.15, 0.2) is 60.8 Å². The largest absolute Gasteiger partial charge is 0.472 e. The normalized spacial score (nSPS) is 14.2. The number of phosphoric ester groups is 1. The van der Waals surface area contributed by atoms with Gasteiger partial charge >= 0.3 is 13.8 Å². The molecular weight excluding hydrogens is 892 g/mol. The van der Waals surface area contributed by atoms with E-state index in [1.165, 1.54) is 128 Å². The molecule has 0 aromatic rings. The number of rotatable bonds is 52. The quantitative estimate of drug-likeness (QED) is 0.0205. The lowest BCUT2D eigenvalue weighted by Gasteiger charge is -2.27. The average molecular weight is 1000 g/mol. The van der Waals surface area contributed by atoms with Crippen LogP contribution in [0, 0.1) is 0 Å². The zero-order valence-electron chi connectivity index (χ0n) is 46.5. The third-order valence-electron chi connectivity index (χ3n) is 12.7. The number of likely N-dealkylation sites (N-methyl/N-ethyl adjacent to an activating group) is 1. The lowest BCUT2D eigenvalue weighted by Crippen LogP contribution is -2.47. The van der Waals surface area contributed by atoms with Gasteiger partial charge in [0.25, 0.3) is 0 Å². The lowest BCUT2D eigenvalue weighted by atomic mass is 10.0. The van der Waals surface area contributed by atoms with Crippen LogP contribution in [0.5, 0.6) is 0 Å². The molecule has 0 spiro atoms. The van der Waals surface area contributed by atoms with E-state index in [1.54, 1.807) is 0 Å². The Hall–Kier alpha value is -2.29. The number of ether oxygens (including phenoxy) is 1. The maximum Gasteiger partial charge on any atom is 0.472 e. The Morgan fingerprint density at radius 1 is 0.500 bits per heavy atom. The molecule has 0 saturated carbocycles. The standard InChI is InChI=1S/C60H111N2O7P/c1-7-10-13-16-19-22-25-28-30-31-32-34-37-40-43-46-49-52-59(63)61-57(56-68-70(65,66)67-55-54-62(4,5)6)58(51-48-45-42-39-36-33-27-24-21-18-15-12-9-3)69-60(64)53-50-47-44-41-38-35-29-26-23-20-17-14-11-8-2/h19,22,28,30,32,34-35,38,48,51,57-58H,7-18,20-21,23-27,29,31,33,36-37,39-47,49-50,52-56H2,1-6H3,(H-,61,63,65,66)/p+1/b22-19-,30-28-,34-32-,38-35-,51-48+. The molecule has 9 nitrogen and oxygen atoms in total. The van der Waals surface area contributed by atoms with Crippen LogP contribution in [0.1, 0.15) is 258 Å². The van der Waals surface area contributed by atoms with Crippen LogP contribution in [-0.2, 0) is 27.9 Å². The van der Waals surface area contributed by atoms with Gasteiger partial charge in [0.15, 0.2) is 0 Å². The van der Waals surface area contributed by atoms with E-state index in [0.29, 0.717) is 23.9 Å². The van der Waals surface area contributed by atoms with Gasteiger partial charge < -0.3 is 19.4 Å². The van der Waals surface area contributed by atoms with Crippen molar-refractivity contribution in [3.63, 3.8) is 0 Å². The first kappa shape index (κ1) is 67.7. The van der Waals surface area contributed by atoms with Crippen LogP contribution >= 0.6 is 7.82 Å². The van der Waals surface area contributed by atoms with Gasteiger partial charge in [0.2, 0.25) is 5.91 Å². The third-order valence-corrected chi connectivity index (χ3v) is 13.7. The molecule has 3 atom stereocenters. The average Bonchev–Trinajstić information content (AvgIpc) is 3.32. The molecule has 0 radical (unpaired) electrons. The smallest absolute Gasteiger partial charge is 0.456 e. The van der Waals surface area contributed by atoms with Gasteiger partial charge in [-0.05, 0) is 96.0 Å². The molecule has 0 saturated heterocycles. The number of nitrogens with one attached hydrogen (secondary N) is 1. The zero-order valence-corrected chi connectivity index (χ0v) is 47.4. The van der Waals surface area contributed by atoms with Crippen molar-refractivity contribution in [3.8, 4) is 0 Å². The Kier molecular flexibility index (Phi) is 48.6. The summed E-state index contributed by atoms with van der Waals surface area (Å²) >= 11 is 0. The first-order chi connectivity index (χ1) is 33.9. The highest BCUT2D eigenvalue weighted by atomic mass is 31.2. The van der Waals surface area contributed by atoms with Gasteiger partial charge in [-0.2, -0.15) is 0 Å². The molecule has 0 heterocycles. The molecular formula is C60H112N2O7P+. The summed E-state index contributed by atoms with van der Waals surface area (Å²) in [6, 6.07) is -0.866. The Bertz CT molecular complexity index is 1390. The van der Waals surface area contributed by atoms with Crippen LogP contribution in [0.4, 0.5) is 0 Å². The topological polar surface area (TPSA) is 111 Å². The van der Waals surface area contributed by atoms with Crippen molar-refractivity contribution in [2.24, 2.45) is 0 Å². The summed E-state index contributed by atoms with van der Waals surface area (Å²) in [5.74, 6) is -0.547. The summed E-state index contributed by atoms with van der Waals surface area (Å²) in [7, 11) is 1.47. The number of amides is 1. The van der Waals surface area contributed by atoms with E-state index in [4.69, 9.17) is 13.8 Å². The van der Waals surface area contributed by atoms with Crippen LogP contribution in [0.2, 0.25) is 0 Å². The first-order valence-corrected chi connectivity index (χ1v) is 30.6. The van der Waals surface area contributed by atoms with Gasteiger partial charge in [0.1, 0.15) is 19.3 Å². The van der Waals surface area contributed by atoms with Crippen molar-refractivity contribution < 1.29 is 37.3 Å². The number of allylic oxidation sites excluding steroid dienone is 9. The van der Waals surface area contributed by atoms with E-state index in [9.17, 15) is 19.0 Å². The highest BCUT2D eigenvalue weighted by Crippen LogP contribution is 2.43. The van der Waals surface area contributed by atoms with Crippen LogP contribution < -0.4 is 5.32 Å². The summed E-state index contributed by atoms with van der Waals surface area (Å²) in [5, 5.41) is 3.03. The highest BCUT2D eigenvalue weighted by Gasteiger charge is 2.30. The van der Waals surface area contributed by atoms with Gasteiger partial charge in [0.05, 0.1) is 33.8 Å². The van der Waals surface area contributed by atoms with Crippen LogP contribution in [-0.4, -0.2) is 74.3 Å². The van der Waals surface area contributed by atoms with Crippen molar-refractivity contribution in [2.75, 3.05) is 40.9 Å². The number of phosphoric acid groups is 1. The summed E-state index contributed by atoms with van der Waals surface area (Å²) in [5.41, 5.74) is 0. The van der Waals surface area contributed by atoms with E-state index < -0.39 is 20.0 Å². The molecule has 0 aromatic carbocycles. The summed E-state index contributed by atoms with van der Waals surface area (Å²) in [4.78, 5) is 37.6. The predicted molar refractivity (Wildman–Crippen MR) is 300 cm³/mol. The number of carbonyl (C=O) groups excluding carboxylic acids is 2. The van der Waals surface area contributed by atoms with Crippen molar-refractivity contribution in [2.45, 2.75) is 270 Å². The minimum Gasteiger partial charge on any atom is -0.456 e. The summed E-state index contributed by atoms with van der Waals surface area (Å²) in [6.07, 6.45) is 62.1. The van der Waals surface area contributed by atoms with Gasteiger partial charge in [0, 0.05) is 12.8 Å². The Balaban J connectivity index is 5.43. The predicted octanol–water partition coefficient (Wildman–Crippen LogP) is 17.5. The lowest BCUT2D eigenvalue weighted by molar-refractivity contribution is -0.870. The van der Waals surface area contributed by atoms with Crippen molar-refractivity contribution in [1.29, 1.82) is 0 Å². The zero-order chi connectivity index (χ0) is 51.5. The minimum atomic E-state index is -4.45. The summed E-state index contributed by atoms with van der Waals surface area (Å²) < 4.78 is 30.6. The molecule has 0 aromatic heterocycles. The maximum atomic E-state index is 13.5. The molecule has 0 bridgehead atoms. The van der Waals surface area contributed by atoms with Gasteiger partial charge in [-0.15, -0.1) is 0 Å². The van der Waals surface area contributed by atoms with Gasteiger partial charge in [-0.1, -0.05) is 210 Å². The second-order valence-corrected chi connectivity index (χ2v) is 22.3. The molecule has 0 aliphatic carbocycles. The Morgan fingerprint density at radius 2 is 0.871 bits per heavy atom. The fourth-order valence-electron chi connectivity index (χ4n) is 8.12. The van der Waals surface area contributed by atoms with E-state index in [1.807, 2.05) is 33.3 Å². The molecule has 1 amide bonds. The molecule has 3 unspecified atom stereocenters. The molecule has 0 fully saturated rings. The van der Waals surface area contributed by atoms with Crippen molar-refractivity contribution in [1.82, 2.24) is 5.32 Å². The monoisotopic (exact) mass is 1000 g/mol. The van der Waals surface area contributed by atoms with E-state index >= 15 is 0 Å². The molecule has 0 rings (SSSR count). The minimum absolute atomic E-state index is 0.0323. The maximum absolute atomic E-state index is 13.5. The van der Waals surface area contributed by atoms with Gasteiger partial charge in [-0.3, -0.25) is 18.6 Å². The molecule has 10 heteroatoms. The number of unbranched alkanes of at least 4 members (excludes halogenated alkanes) is 28. The number of hydrogen-bond acceptors (Lipinski definition) is 6. The molecule has 70 heavy (non-hydrogen) atoms. The molecule has 0 aliphatic rings. The van der Waals surface area contributed by atoms with E-state index in [2.05, 4.69) is 74.7 Å². The third kappa shape index (κ3) is 50.6. The highest BCUT2D eigenvalue weighted by molar-refractivity contribution is 7.47. The number of nitrogens with zero attached hydrogens (tertiary/aromatic N) is 1. The molecule has 2 N–H and O–H groups in total. The first-order valence-electron chi connectivity index (χ1n) is 29.1. The number of quaternary nitrogens is 1. The summed E-state index contributed by atoms with van der Waals surface area (Å²) in [6.45, 7) is 6.95. The van der Waals surface area contributed by atoms with Crippen molar-refractivity contribution >= 4 is 19.7 Å². The van der Waals surface area contributed by atoms with Gasteiger partial charge in [-0.25, -0.2) is 4.57 Å². The van der Waals surface area contributed by atoms with Crippen molar-refractivity contribution in [3.05, 3.63) is 60.8 Å². The SMILES string of the molecule is CCCCC/C=C\C/C=C\C/C=C\CCCCCCC(=O)NC(COP(=O)(O)OCC[N+](C)(C)C)C(/C=C/CCCCCCCCCCCCC)OC(=O)CCCCC/C=C\CCCCCCCCC. The Morgan fingerprint density at radius 3 is 1.36 bits per heavy atom. The second kappa shape index (κ2) is 50.3. The van der Waals surface area contributed by atoms with Crippen LogP contribution in [0.25, 0.3) is 0 Å². The Labute approximate surface area is 432 Å².